The van der Waals surface area contributed by atoms with E-state index in [-0.39, 0.29) is 11.4 Å². The number of nitrogens with one attached hydrogen (secondary N) is 1. The molecule has 0 amide bonds. The Bertz CT molecular complexity index is 887. The Morgan fingerprint density at radius 2 is 2.00 bits per heavy atom. The zero-order valence-electron chi connectivity index (χ0n) is 12.8. The van der Waals surface area contributed by atoms with Crippen molar-refractivity contribution in [3.8, 4) is 16.5 Å². The van der Waals surface area contributed by atoms with Crippen molar-refractivity contribution in [1.82, 2.24) is 14.9 Å². The van der Waals surface area contributed by atoms with Gasteiger partial charge in [-0.15, -0.1) is 21.5 Å². The number of aromatic nitrogens is 2. The molecule has 24 heavy (non-hydrogen) atoms. The van der Waals surface area contributed by atoms with Gasteiger partial charge >= 0.3 is 0 Å². The third-order valence-corrected chi connectivity index (χ3v) is 5.53. The van der Waals surface area contributed by atoms with Crippen molar-refractivity contribution < 1.29 is 17.6 Å². The number of methoxy groups -OCH3 is 1. The predicted octanol–water partition coefficient (Wildman–Crippen LogP) is 2.33. The lowest BCUT2D eigenvalue weighted by Crippen LogP contribution is -2.26. The maximum atomic E-state index is 12.2. The summed E-state index contributed by atoms with van der Waals surface area (Å²) in [5.41, 5.74) is 0. The van der Waals surface area contributed by atoms with Crippen LogP contribution in [0.5, 0.6) is 5.75 Å². The molecule has 3 rings (SSSR count). The first-order chi connectivity index (χ1) is 11.6. The van der Waals surface area contributed by atoms with Crippen LogP contribution >= 0.6 is 11.3 Å². The van der Waals surface area contributed by atoms with Crippen molar-refractivity contribution in [2.24, 2.45) is 0 Å². The van der Waals surface area contributed by atoms with Crippen LogP contribution in [-0.4, -0.2) is 32.3 Å². The first kappa shape index (κ1) is 16.6. The van der Waals surface area contributed by atoms with Gasteiger partial charge in [-0.1, -0.05) is 6.07 Å². The lowest BCUT2D eigenvalue weighted by Gasteiger charge is -2.06. The van der Waals surface area contributed by atoms with Crippen molar-refractivity contribution in [2.45, 2.75) is 11.3 Å². The molecule has 0 atom stereocenters. The molecule has 0 radical (unpaired) electrons. The summed E-state index contributed by atoms with van der Waals surface area (Å²) >= 11 is 1.50. The molecule has 7 nitrogen and oxygen atoms in total. The number of hydrogen-bond acceptors (Lipinski definition) is 7. The topological polar surface area (TPSA) is 94.3 Å². The van der Waals surface area contributed by atoms with Crippen LogP contribution in [0.4, 0.5) is 0 Å². The normalized spacial score (nSPS) is 11.5. The van der Waals surface area contributed by atoms with Crippen LogP contribution in [0.3, 0.4) is 0 Å². The van der Waals surface area contributed by atoms with Gasteiger partial charge in [-0.3, -0.25) is 0 Å². The lowest BCUT2D eigenvalue weighted by atomic mass is 10.3. The zero-order chi connectivity index (χ0) is 17.0. The van der Waals surface area contributed by atoms with Crippen LogP contribution in [-0.2, 0) is 16.4 Å². The number of sulfonamides is 1. The summed E-state index contributed by atoms with van der Waals surface area (Å²) in [5, 5.41) is 9.80. The lowest BCUT2D eigenvalue weighted by molar-refractivity contribution is 0.414. The summed E-state index contributed by atoms with van der Waals surface area (Å²) in [6.45, 7) is 0.167. The average Bonchev–Trinajstić information content (AvgIpc) is 3.26. The Kier molecular flexibility index (Phi) is 4.93. The van der Waals surface area contributed by atoms with E-state index < -0.39 is 10.0 Å². The van der Waals surface area contributed by atoms with Gasteiger partial charge in [0, 0.05) is 13.0 Å². The largest absolute Gasteiger partial charge is 0.497 e. The Balaban J connectivity index is 1.59. The number of ether oxygens (including phenoxy) is 1. The molecular formula is C15H15N3O4S2. The van der Waals surface area contributed by atoms with E-state index in [9.17, 15) is 8.42 Å². The van der Waals surface area contributed by atoms with E-state index in [1.165, 1.54) is 30.6 Å². The van der Waals surface area contributed by atoms with Crippen LogP contribution in [0.1, 0.15) is 5.89 Å². The van der Waals surface area contributed by atoms with Gasteiger partial charge in [0.25, 0.3) is 5.89 Å². The SMILES string of the molecule is COc1ccc(S(=O)(=O)NCCc2nnc(-c3cccs3)o2)cc1. The fraction of sp³-hybridized carbons (Fsp3) is 0.200. The van der Waals surface area contributed by atoms with Gasteiger partial charge in [-0.05, 0) is 35.7 Å². The summed E-state index contributed by atoms with van der Waals surface area (Å²) in [6, 6.07) is 9.95. The van der Waals surface area contributed by atoms with Gasteiger partial charge in [-0.25, -0.2) is 13.1 Å². The van der Waals surface area contributed by atoms with E-state index in [4.69, 9.17) is 9.15 Å². The van der Waals surface area contributed by atoms with Crippen molar-refractivity contribution in [3.05, 3.63) is 47.7 Å². The van der Waals surface area contributed by atoms with Gasteiger partial charge in [0.05, 0.1) is 16.9 Å². The molecule has 2 aromatic heterocycles. The number of nitrogens with zero attached hydrogens (tertiary/aromatic N) is 2. The van der Waals surface area contributed by atoms with E-state index in [2.05, 4.69) is 14.9 Å². The highest BCUT2D eigenvalue weighted by molar-refractivity contribution is 7.89. The fourth-order valence-electron chi connectivity index (χ4n) is 1.98. The Hall–Kier alpha value is -2.23. The van der Waals surface area contributed by atoms with Gasteiger partial charge in [0.1, 0.15) is 5.75 Å². The molecule has 0 spiro atoms. The second-order valence-electron chi connectivity index (χ2n) is 4.80. The van der Waals surface area contributed by atoms with Crippen molar-refractivity contribution in [3.63, 3.8) is 0 Å². The second-order valence-corrected chi connectivity index (χ2v) is 7.52. The molecule has 0 bridgehead atoms. The molecule has 3 aromatic rings. The summed E-state index contributed by atoms with van der Waals surface area (Å²) in [6.07, 6.45) is 0.313. The Morgan fingerprint density at radius 1 is 1.21 bits per heavy atom. The summed E-state index contributed by atoms with van der Waals surface area (Å²) in [4.78, 5) is 1.06. The Morgan fingerprint density at radius 3 is 2.67 bits per heavy atom. The molecule has 0 aliphatic rings. The van der Waals surface area contributed by atoms with E-state index in [0.717, 1.165) is 4.88 Å². The van der Waals surface area contributed by atoms with Crippen LogP contribution < -0.4 is 9.46 Å². The minimum absolute atomic E-state index is 0.167. The molecule has 2 heterocycles. The molecule has 0 aliphatic heterocycles. The first-order valence-corrected chi connectivity index (χ1v) is 9.45. The van der Waals surface area contributed by atoms with E-state index >= 15 is 0 Å². The number of hydrogen-bond donors (Lipinski definition) is 1. The number of benzene rings is 1. The molecule has 0 unspecified atom stereocenters. The molecule has 0 fully saturated rings. The minimum atomic E-state index is -3.59. The highest BCUT2D eigenvalue weighted by atomic mass is 32.2. The van der Waals surface area contributed by atoms with Gasteiger partial charge in [-0.2, -0.15) is 0 Å². The molecule has 1 aromatic carbocycles. The summed E-state index contributed by atoms with van der Waals surface area (Å²) in [7, 11) is -2.06. The number of thiophene rings is 1. The second kappa shape index (κ2) is 7.12. The highest BCUT2D eigenvalue weighted by Crippen LogP contribution is 2.23. The van der Waals surface area contributed by atoms with Crippen LogP contribution in [0, 0.1) is 0 Å². The summed E-state index contributed by atoms with van der Waals surface area (Å²) < 4.78 is 37.4. The third kappa shape index (κ3) is 3.81. The average molecular weight is 365 g/mol. The van der Waals surface area contributed by atoms with Crippen LogP contribution in [0.25, 0.3) is 10.8 Å². The van der Waals surface area contributed by atoms with Crippen molar-refractivity contribution in [2.75, 3.05) is 13.7 Å². The molecule has 0 saturated carbocycles. The minimum Gasteiger partial charge on any atom is -0.497 e. The molecule has 9 heteroatoms. The van der Waals surface area contributed by atoms with Crippen molar-refractivity contribution in [1.29, 1.82) is 0 Å². The smallest absolute Gasteiger partial charge is 0.257 e. The van der Waals surface area contributed by atoms with Crippen LogP contribution in [0.2, 0.25) is 0 Å². The third-order valence-electron chi connectivity index (χ3n) is 3.20. The van der Waals surface area contributed by atoms with E-state index in [1.54, 1.807) is 12.1 Å². The standard InChI is InChI=1S/C15H15N3O4S2/c1-21-11-4-6-12(7-5-11)24(19,20)16-9-8-14-17-18-15(22-14)13-3-2-10-23-13/h2-7,10,16H,8-9H2,1H3. The molecule has 0 aliphatic carbocycles. The zero-order valence-corrected chi connectivity index (χ0v) is 14.4. The maximum Gasteiger partial charge on any atom is 0.257 e. The predicted molar refractivity (Wildman–Crippen MR) is 89.5 cm³/mol. The maximum absolute atomic E-state index is 12.2. The number of rotatable bonds is 7. The highest BCUT2D eigenvalue weighted by Gasteiger charge is 2.15. The Labute approximate surface area is 143 Å². The fourth-order valence-corrected chi connectivity index (χ4v) is 3.66. The first-order valence-electron chi connectivity index (χ1n) is 7.08. The molecule has 126 valence electrons. The van der Waals surface area contributed by atoms with Gasteiger partial charge in [0.2, 0.25) is 15.9 Å². The molecule has 0 saturated heterocycles. The van der Waals surface area contributed by atoms with E-state index in [0.29, 0.717) is 24.0 Å². The molecular weight excluding hydrogens is 350 g/mol. The summed E-state index contributed by atoms with van der Waals surface area (Å²) in [5.74, 6) is 1.43. The van der Waals surface area contributed by atoms with Gasteiger partial charge < -0.3 is 9.15 Å². The van der Waals surface area contributed by atoms with Crippen molar-refractivity contribution >= 4 is 21.4 Å². The monoisotopic (exact) mass is 365 g/mol. The van der Waals surface area contributed by atoms with E-state index in [1.807, 2.05) is 17.5 Å². The molecule has 1 N–H and O–H groups in total. The van der Waals surface area contributed by atoms with Crippen LogP contribution in [0.15, 0.2) is 51.1 Å². The quantitative estimate of drug-likeness (QED) is 0.690. The van der Waals surface area contributed by atoms with Gasteiger partial charge in [0.15, 0.2) is 0 Å².